The highest BCUT2D eigenvalue weighted by atomic mass is 35.5. The molecule has 0 bridgehead atoms. The zero-order valence-corrected chi connectivity index (χ0v) is 16.9. The number of ether oxygens (including phenoxy) is 1. The molecule has 31 heavy (non-hydrogen) atoms. The highest BCUT2D eigenvalue weighted by molar-refractivity contribution is 6.31. The highest BCUT2D eigenvalue weighted by Gasteiger charge is 2.31. The Bertz CT molecular complexity index is 1020. The molecule has 1 heterocycles. The van der Waals surface area contributed by atoms with Crippen LogP contribution in [0.2, 0.25) is 5.02 Å². The molecule has 0 aliphatic carbocycles. The van der Waals surface area contributed by atoms with Crippen molar-refractivity contribution < 1.29 is 32.0 Å². The monoisotopic (exact) mass is 461 g/mol. The third-order valence-corrected chi connectivity index (χ3v) is 5.10. The summed E-state index contributed by atoms with van der Waals surface area (Å²) in [6.07, 6.45) is 0. The van der Waals surface area contributed by atoms with Crippen molar-refractivity contribution in [1.29, 1.82) is 0 Å². The summed E-state index contributed by atoms with van der Waals surface area (Å²) in [5.74, 6) is -7.16. The molecule has 3 rings (SSSR count). The molecular weight excluding hydrogens is 446 g/mol. The van der Waals surface area contributed by atoms with Gasteiger partial charge >= 0.3 is 5.69 Å². The Kier molecular flexibility index (Phi) is 6.54. The van der Waals surface area contributed by atoms with Crippen LogP contribution in [0.25, 0.3) is 0 Å². The molecule has 0 atom stereocenters. The summed E-state index contributed by atoms with van der Waals surface area (Å²) < 4.78 is 61.0. The van der Waals surface area contributed by atoms with E-state index in [0.29, 0.717) is 0 Å². The zero-order chi connectivity index (χ0) is 22.9. The van der Waals surface area contributed by atoms with Gasteiger partial charge in [0.05, 0.1) is 11.5 Å². The van der Waals surface area contributed by atoms with E-state index in [0.717, 1.165) is 11.0 Å². The van der Waals surface area contributed by atoms with Crippen molar-refractivity contribution in [2.75, 3.05) is 37.7 Å². The predicted molar refractivity (Wildman–Crippen MR) is 104 cm³/mol. The summed E-state index contributed by atoms with van der Waals surface area (Å²) in [5, 5.41) is 9.97. The number of hydrogen-bond donors (Lipinski definition) is 0. The number of benzene rings is 2. The molecule has 12 heteroatoms. The number of piperazine rings is 1. The third kappa shape index (κ3) is 4.22. The first-order valence-electron chi connectivity index (χ1n) is 9.14. The lowest BCUT2D eigenvalue weighted by Gasteiger charge is -2.36. The molecule has 1 aliphatic heterocycles. The van der Waals surface area contributed by atoms with Crippen molar-refractivity contribution in [3.8, 4) is 5.75 Å². The van der Waals surface area contributed by atoms with Crippen molar-refractivity contribution in [2.45, 2.75) is 6.92 Å². The summed E-state index contributed by atoms with van der Waals surface area (Å²) in [4.78, 5) is 25.7. The van der Waals surface area contributed by atoms with Crippen LogP contribution in [-0.4, -0.2) is 48.5 Å². The van der Waals surface area contributed by atoms with Crippen LogP contribution in [0.5, 0.6) is 5.75 Å². The molecular formula is C19H16ClF4N3O4. The smallest absolute Gasteiger partial charge is 0.311 e. The number of carbonyl (C=O) groups is 1. The molecule has 2 aromatic carbocycles. The molecule has 7 nitrogen and oxygen atoms in total. The van der Waals surface area contributed by atoms with Crippen LogP contribution >= 0.6 is 11.6 Å². The van der Waals surface area contributed by atoms with Crippen LogP contribution < -0.4 is 9.64 Å². The van der Waals surface area contributed by atoms with E-state index in [4.69, 9.17) is 16.3 Å². The molecule has 0 N–H and O–H groups in total. The van der Waals surface area contributed by atoms with E-state index in [2.05, 4.69) is 0 Å². The molecule has 0 unspecified atom stereocenters. The van der Waals surface area contributed by atoms with Gasteiger partial charge in [-0.3, -0.25) is 14.9 Å². The minimum absolute atomic E-state index is 0.0200. The van der Waals surface area contributed by atoms with Gasteiger partial charge in [0.15, 0.2) is 29.0 Å². The predicted octanol–water partition coefficient (Wildman–Crippen LogP) is 4.17. The first kappa shape index (κ1) is 22.6. The van der Waals surface area contributed by atoms with Gasteiger partial charge in [0.2, 0.25) is 0 Å². The number of nitro groups is 1. The molecule has 1 aliphatic rings. The lowest BCUT2D eigenvalue weighted by atomic mass is 10.1. The average molecular weight is 462 g/mol. The number of anilines is 1. The fourth-order valence-corrected chi connectivity index (χ4v) is 3.42. The molecule has 0 saturated carbocycles. The van der Waals surface area contributed by atoms with E-state index in [1.54, 1.807) is 6.92 Å². The Morgan fingerprint density at radius 3 is 2.19 bits per heavy atom. The maximum Gasteiger partial charge on any atom is 0.311 e. The lowest BCUT2D eigenvalue weighted by Crippen LogP contribution is -2.49. The number of amides is 1. The van der Waals surface area contributed by atoms with E-state index in [1.165, 1.54) is 17.0 Å². The van der Waals surface area contributed by atoms with Gasteiger partial charge in [0, 0.05) is 37.8 Å². The molecule has 1 saturated heterocycles. The Hall–Kier alpha value is -3.08. The van der Waals surface area contributed by atoms with Crippen LogP contribution in [-0.2, 0) is 0 Å². The van der Waals surface area contributed by atoms with Crippen LogP contribution in [0.1, 0.15) is 17.3 Å². The first-order valence-corrected chi connectivity index (χ1v) is 9.52. The molecule has 0 radical (unpaired) electrons. The molecule has 1 amide bonds. The van der Waals surface area contributed by atoms with Gasteiger partial charge in [0.1, 0.15) is 10.7 Å². The van der Waals surface area contributed by atoms with Crippen molar-refractivity contribution in [3.05, 3.63) is 62.2 Å². The van der Waals surface area contributed by atoms with E-state index in [1.807, 2.05) is 0 Å². The Morgan fingerprint density at radius 2 is 1.68 bits per heavy atom. The van der Waals surface area contributed by atoms with Crippen LogP contribution in [0, 0.1) is 33.4 Å². The SMILES string of the molecule is CCOc1ccc(C(=O)N2CCN(c3c(F)c(F)c(Cl)c(F)c3F)CC2)cc1[N+](=O)[O-]. The van der Waals surface area contributed by atoms with Gasteiger partial charge < -0.3 is 14.5 Å². The van der Waals surface area contributed by atoms with E-state index in [9.17, 15) is 32.5 Å². The standard InChI is InChI=1S/C19H16ClF4N3O4/c1-2-31-12-4-3-10(9-11(12)27(29)30)19(28)26-7-5-25(6-8-26)18-16(23)14(21)13(20)15(22)17(18)24/h3-4,9H,2,5-8H2,1H3. The minimum Gasteiger partial charge on any atom is -0.487 e. The quantitative estimate of drug-likeness (QED) is 0.220. The third-order valence-electron chi connectivity index (χ3n) is 4.77. The average Bonchev–Trinajstić information content (AvgIpc) is 2.77. The van der Waals surface area contributed by atoms with Gasteiger partial charge in [0.25, 0.3) is 5.91 Å². The Labute approximate surface area is 178 Å². The number of rotatable bonds is 5. The second kappa shape index (κ2) is 8.96. The number of hydrogen-bond acceptors (Lipinski definition) is 5. The van der Waals surface area contributed by atoms with E-state index < -0.39 is 44.8 Å². The second-order valence-corrected chi connectivity index (χ2v) is 6.95. The fourth-order valence-electron chi connectivity index (χ4n) is 3.26. The van der Waals surface area contributed by atoms with Gasteiger partial charge in [-0.15, -0.1) is 0 Å². The van der Waals surface area contributed by atoms with Crippen LogP contribution in [0.3, 0.4) is 0 Å². The van der Waals surface area contributed by atoms with Crippen molar-refractivity contribution in [3.63, 3.8) is 0 Å². The van der Waals surface area contributed by atoms with Crippen LogP contribution in [0.4, 0.5) is 28.9 Å². The summed E-state index contributed by atoms with van der Waals surface area (Å²) in [6.45, 7) is 1.54. The highest BCUT2D eigenvalue weighted by Crippen LogP contribution is 2.34. The molecule has 0 aromatic heterocycles. The molecule has 0 spiro atoms. The van der Waals surface area contributed by atoms with E-state index in [-0.39, 0.29) is 49.8 Å². The summed E-state index contributed by atoms with van der Waals surface area (Å²) in [6, 6.07) is 3.77. The minimum atomic E-state index is -1.70. The first-order chi connectivity index (χ1) is 14.7. The van der Waals surface area contributed by atoms with Gasteiger partial charge in [-0.2, -0.15) is 0 Å². The maximum absolute atomic E-state index is 14.2. The number of halogens is 5. The normalized spacial score (nSPS) is 14.0. The van der Waals surface area contributed by atoms with Gasteiger partial charge in [-0.25, -0.2) is 17.6 Å². The Balaban J connectivity index is 1.78. The molecule has 2 aromatic rings. The number of nitrogens with zero attached hydrogens (tertiary/aromatic N) is 3. The zero-order valence-electron chi connectivity index (χ0n) is 16.1. The maximum atomic E-state index is 14.2. The summed E-state index contributed by atoms with van der Waals surface area (Å²) in [5.41, 5.74) is -1.24. The second-order valence-electron chi connectivity index (χ2n) is 6.57. The van der Waals surface area contributed by atoms with Crippen molar-refractivity contribution >= 4 is 28.9 Å². The topological polar surface area (TPSA) is 75.9 Å². The summed E-state index contributed by atoms with van der Waals surface area (Å²) >= 11 is 5.24. The summed E-state index contributed by atoms with van der Waals surface area (Å²) in [7, 11) is 0. The Morgan fingerprint density at radius 1 is 1.10 bits per heavy atom. The molecule has 166 valence electrons. The molecule has 1 fully saturated rings. The van der Waals surface area contributed by atoms with Gasteiger partial charge in [-0.05, 0) is 19.1 Å². The van der Waals surface area contributed by atoms with Crippen molar-refractivity contribution in [1.82, 2.24) is 4.90 Å². The van der Waals surface area contributed by atoms with Crippen LogP contribution in [0.15, 0.2) is 18.2 Å². The number of carbonyl (C=O) groups excluding carboxylic acids is 1. The fraction of sp³-hybridized carbons (Fsp3) is 0.316. The van der Waals surface area contributed by atoms with Gasteiger partial charge in [-0.1, -0.05) is 11.6 Å². The van der Waals surface area contributed by atoms with Crippen molar-refractivity contribution in [2.24, 2.45) is 0 Å². The lowest BCUT2D eigenvalue weighted by molar-refractivity contribution is -0.385. The largest absolute Gasteiger partial charge is 0.487 e. The van der Waals surface area contributed by atoms with E-state index >= 15 is 0 Å². The number of nitro benzene ring substituents is 1.